The molecule has 2 rings (SSSR count). The molecule has 4 amide bonds. The smallest absolute Gasteiger partial charge is 0.338 e. The molecule has 7 heteroatoms. The highest BCUT2D eigenvalue weighted by atomic mass is 16.5. The van der Waals surface area contributed by atoms with Gasteiger partial charge >= 0.3 is 12.1 Å². The number of nitrogens with zero attached hydrogens (tertiary/aromatic N) is 1. The topological polar surface area (TPSA) is 93.7 Å². The lowest BCUT2D eigenvalue weighted by Crippen LogP contribution is -2.43. The molecule has 1 aromatic rings. The van der Waals surface area contributed by atoms with Gasteiger partial charge in [-0.2, -0.15) is 5.06 Å². The fourth-order valence-corrected chi connectivity index (χ4v) is 3.01. The zero-order valence-electron chi connectivity index (χ0n) is 15.5. The number of hydrogen-bond donors (Lipinski definition) is 4. The normalized spacial score (nSPS) is 14.5. The maximum Gasteiger partial charge on any atom is 0.345 e. The molecule has 0 spiro atoms. The van der Waals surface area contributed by atoms with Crippen molar-refractivity contribution in [3.63, 3.8) is 0 Å². The summed E-state index contributed by atoms with van der Waals surface area (Å²) < 4.78 is 0. The van der Waals surface area contributed by atoms with Crippen LogP contribution in [0, 0.1) is 6.92 Å². The van der Waals surface area contributed by atoms with E-state index in [9.17, 15) is 14.8 Å². The number of nitrogens with one attached hydrogen (secondary N) is 3. The minimum atomic E-state index is -0.558. The third kappa shape index (κ3) is 6.92. The summed E-state index contributed by atoms with van der Waals surface area (Å²) in [6.07, 6.45) is 7.26. The van der Waals surface area contributed by atoms with Crippen molar-refractivity contribution >= 4 is 17.7 Å². The summed E-state index contributed by atoms with van der Waals surface area (Å²) in [5.41, 5.74) is 1.48. The van der Waals surface area contributed by atoms with Gasteiger partial charge < -0.3 is 16.0 Å². The predicted octanol–water partition coefficient (Wildman–Crippen LogP) is 3.31. The molecule has 144 valence electrons. The highest BCUT2D eigenvalue weighted by Gasteiger charge is 2.15. The van der Waals surface area contributed by atoms with Crippen LogP contribution in [-0.2, 0) is 0 Å². The van der Waals surface area contributed by atoms with Crippen molar-refractivity contribution in [2.45, 2.75) is 57.9 Å². The molecule has 0 unspecified atom stereocenters. The van der Waals surface area contributed by atoms with Crippen LogP contribution >= 0.6 is 0 Å². The van der Waals surface area contributed by atoms with Crippen LogP contribution in [0.15, 0.2) is 24.3 Å². The van der Waals surface area contributed by atoms with Crippen LogP contribution in [0.5, 0.6) is 0 Å². The van der Waals surface area contributed by atoms with Crippen LogP contribution in [0.1, 0.15) is 50.5 Å². The molecule has 0 radical (unpaired) electrons. The third-order valence-electron chi connectivity index (χ3n) is 4.58. The fourth-order valence-electron chi connectivity index (χ4n) is 3.01. The third-order valence-corrected chi connectivity index (χ3v) is 4.58. The number of aryl methyl sites for hydroxylation is 1. The van der Waals surface area contributed by atoms with Crippen molar-refractivity contribution in [2.75, 3.05) is 18.2 Å². The minimum Gasteiger partial charge on any atom is -0.338 e. The van der Waals surface area contributed by atoms with Crippen LogP contribution < -0.4 is 21.0 Å². The van der Waals surface area contributed by atoms with Gasteiger partial charge in [-0.05, 0) is 44.7 Å². The first-order valence-corrected chi connectivity index (χ1v) is 9.44. The standard InChI is InChI=1S/C19H30N4O3/c1-15-9-11-17(12-10-15)23(26)19(25)21-14-6-5-13-20-18(24)22-16-7-3-2-4-8-16/h9-12,16,26H,2-8,13-14H2,1H3,(H,21,25)(H2,20,22,24). The van der Waals surface area contributed by atoms with Gasteiger partial charge in [-0.1, -0.05) is 37.0 Å². The van der Waals surface area contributed by atoms with Crippen molar-refractivity contribution in [2.24, 2.45) is 0 Å². The van der Waals surface area contributed by atoms with E-state index in [2.05, 4.69) is 16.0 Å². The van der Waals surface area contributed by atoms with Gasteiger partial charge in [-0.25, -0.2) is 9.59 Å². The second-order valence-corrected chi connectivity index (χ2v) is 6.82. The summed E-state index contributed by atoms with van der Waals surface area (Å²) in [5, 5.41) is 19.0. The molecule has 1 saturated carbocycles. The average Bonchev–Trinajstić information content (AvgIpc) is 2.65. The van der Waals surface area contributed by atoms with E-state index in [0.29, 0.717) is 29.9 Å². The first-order chi connectivity index (χ1) is 12.6. The Bertz CT molecular complexity index is 571. The SMILES string of the molecule is Cc1ccc(N(O)C(=O)NCCCCNC(=O)NC2CCCCC2)cc1. The molecule has 0 saturated heterocycles. The lowest BCUT2D eigenvalue weighted by atomic mass is 9.96. The van der Waals surface area contributed by atoms with E-state index in [0.717, 1.165) is 31.2 Å². The lowest BCUT2D eigenvalue weighted by Gasteiger charge is -2.22. The molecule has 1 aliphatic carbocycles. The van der Waals surface area contributed by atoms with Gasteiger partial charge in [0, 0.05) is 19.1 Å². The van der Waals surface area contributed by atoms with Crippen molar-refractivity contribution in [3.05, 3.63) is 29.8 Å². The average molecular weight is 362 g/mol. The molecular formula is C19H30N4O3. The second-order valence-electron chi connectivity index (χ2n) is 6.82. The predicted molar refractivity (Wildman–Crippen MR) is 101 cm³/mol. The molecule has 4 N–H and O–H groups in total. The molecule has 0 aromatic heterocycles. The number of anilines is 1. The Hall–Kier alpha value is -2.28. The quantitative estimate of drug-likeness (QED) is 0.340. The Morgan fingerprint density at radius 1 is 1.04 bits per heavy atom. The number of carbonyl (C=O) groups is 2. The summed E-state index contributed by atoms with van der Waals surface area (Å²) >= 11 is 0. The molecule has 1 fully saturated rings. The van der Waals surface area contributed by atoms with E-state index in [1.165, 1.54) is 19.3 Å². The number of urea groups is 2. The highest BCUT2D eigenvalue weighted by molar-refractivity contribution is 5.89. The van der Waals surface area contributed by atoms with E-state index in [1.54, 1.807) is 12.1 Å². The zero-order valence-corrected chi connectivity index (χ0v) is 15.5. The largest absolute Gasteiger partial charge is 0.345 e. The minimum absolute atomic E-state index is 0.109. The van der Waals surface area contributed by atoms with Gasteiger partial charge in [-0.3, -0.25) is 5.21 Å². The Labute approximate surface area is 155 Å². The molecule has 1 aliphatic rings. The van der Waals surface area contributed by atoms with E-state index in [1.807, 2.05) is 19.1 Å². The van der Waals surface area contributed by atoms with E-state index in [4.69, 9.17) is 0 Å². The first-order valence-electron chi connectivity index (χ1n) is 9.44. The van der Waals surface area contributed by atoms with Crippen LogP contribution in [-0.4, -0.2) is 36.4 Å². The number of carbonyl (C=O) groups excluding carboxylic acids is 2. The molecule has 26 heavy (non-hydrogen) atoms. The van der Waals surface area contributed by atoms with E-state index in [-0.39, 0.29) is 6.03 Å². The molecular weight excluding hydrogens is 332 g/mol. The second kappa shape index (κ2) is 10.7. The molecule has 0 bridgehead atoms. The fraction of sp³-hybridized carbons (Fsp3) is 0.579. The molecule has 0 atom stereocenters. The van der Waals surface area contributed by atoms with Gasteiger partial charge in [0.2, 0.25) is 0 Å². The summed E-state index contributed by atoms with van der Waals surface area (Å²) in [5.74, 6) is 0. The molecule has 0 heterocycles. The lowest BCUT2D eigenvalue weighted by molar-refractivity contribution is 0.204. The first kappa shape index (κ1) is 20.0. The van der Waals surface area contributed by atoms with Crippen LogP contribution in [0.2, 0.25) is 0 Å². The van der Waals surface area contributed by atoms with Gasteiger partial charge in [0.15, 0.2) is 0 Å². The van der Waals surface area contributed by atoms with Gasteiger partial charge in [-0.15, -0.1) is 0 Å². The molecule has 7 nitrogen and oxygen atoms in total. The number of amides is 4. The van der Waals surface area contributed by atoms with Gasteiger partial charge in [0.1, 0.15) is 0 Å². The summed E-state index contributed by atoms with van der Waals surface area (Å²) in [4.78, 5) is 23.7. The molecule has 1 aromatic carbocycles. The van der Waals surface area contributed by atoms with Crippen molar-refractivity contribution in [1.82, 2.24) is 16.0 Å². The van der Waals surface area contributed by atoms with Crippen LogP contribution in [0.4, 0.5) is 15.3 Å². The highest BCUT2D eigenvalue weighted by Crippen LogP contribution is 2.17. The summed E-state index contributed by atoms with van der Waals surface area (Å²) in [7, 11) is 0. The number of rotatable bonds is 7. The molecule has 0 aliphatic heterocycles. The van der Waals surface area contributed by atoms with E-state index < -0.39 is 6.03 Å². The Kier molecular flexibility index (Phi) is 8.21. The van der Waals surface area contributed by atoms with Gasteiger partial charge in [0.05, 0.1) is 5.69 Å². The van der Waals surface area contributed by atoms with Crippen LogP contribution in [0.3, 0.4) is 0 Å². The number of hydrogen-bond acceptors (Lipinski definition) is 3. The zero-order chi connectivity index (χ0) is 18.8. The Morgan fingerprint density at radius 3 is 2.31 bits per heavy atom. The van der Waals surface area contributed by atoms with Crippen molar-refractivity contribution in [1.29, 1.82) is 0 Å². The summed E-state index contributed by atoms with van der Waals surface area (Å²) in [6, 6.07) is 6.67. The van der Waals surface area contributed by atoms with Gasteiger partial charge in [0.25, 0.3) is 0 Å². The maximum absolute atomic E-state index is 11.9. The van der Waals surface area contributed by atoms with E-state index >= 15 is 0 Å². The number of unbranched alkanes of at least 4 members (excludes halogenated alkanes) is 1. The summed E-state index contributed by atoms with van der Waals surface area (Å²) in [6.45, 7) is 2.94. The van der Waals surface area contributed by atoms with Crippen molar-refractivity contribution in [3.8, 4) is 0 Å². The number of hydroxylamine groups is 1. The number of benzene rings is 1. The van der Waals surface area contributed by atoms with Crippen molar-refractivity contribution < 1.29 is 14.8 Å². The Morgan fingerprint density at radius 2 is 1.65 bits per heavy atom. The Balaban J connectivity index is 1.53. The van der Waals surface area contributed by atoms with Crippen LogP contribution in [0.25, 0.3) is 0 Å². The monoisotopic (exact) mass is 362 g/mol. The maximum atomic E-state index is 11.9.